The number of methoxy groups -OCH3 is 1. The van der Waals surface area contributed by atoms with E-state index in [1.165, 1.54) is 0 Å². The molecule has 1 fully saturated rings. The fraction of sp³-hybridized carbons (Fsp3) is 0.353. The van der Waals surface area contributed by atoms with Gasteiger partial charge in [-0.05, 0) is 18.1 Å². The lowest BCUT2D eigenvalue weighted by Gasteiger charge is -2.32. The zero-order valence-corrected chi connectivity index (χ0v) is 15.3. The number of aliphatic carboxylic acids is 1. The van der Waals surface area contributed by atoms with E-state index < -0.39 is 17.9 Å². The first kappa shape index (κ1) is 18.5. The number of para-hydroxylation sites is 1. The molecule has 1 aliphatic rings. The number of benzene rings is 1. The van der Waals surface area contributed by atoms with Crippen LogP contribution < -0.4 is 9.84 Å². The maximum Gasteiger partial charge on any atom is 0.266 e. The average Bonchev–Trinajstić information content (AvgIpc) is 2.83. The third kappa shape index (κ3) is 3.62. The van der Waals surface area contributed by atoms with Crippen molar-refractivity contribution >= 4 is 46.3 Å². The van der Waals surface area contributed by atoms with E-state index in [1.807, 2.05) is 25.1 Å². The quantitative estimate of drug-likeness (QED) is 0.568. The summed E-state index contributed by atoms with van der Waals surface area (Å²) >= 11 is 6.33. The second-order valence-electron chi connectivity index (χ2n) is 5.44. The summed E-state index contributed by atoms with van der Waals surface area (Å²) in [6, 6.07) is 6.20. The first-order valence-corrected chi connectivity index (χ1v) is 8.74. The van der Waals surface area contributed by atoms with Crippen molar-refractivity contribution in [2.24, 2.45) is 5.92 Å². The van der Waals surface area contributed by atoms with Crippen LogP contribution >= 0.6 is 24.0 Å². The van der Waals surface area contributed by atoms with Crippen molar-refractivity contribution in [1.29, 1.82) is 0 Å². The molecule has 1 aromatic carbocycles. The standard InChI is InChI=1S/C17H19NO4S2/c1-4-10(2)14(16(20)21)18-15(19)13(24-17(18)23)9-11-7-5-6-8-12(11)22-3/h5-10,14H,4H2,1-3H3,(H,20,21)/p-1/b13-9-/t10-,14-/m0/s1. The zero-order chi connectivity index (χ0) is 17.9. The Hall–Kier alpha value is -1.86. The number of hydrogen-bond acceptors (Lipinski definition) is 6. The molecular formula is C17H18NO4S2-. The lowest BCUT2D eigenvalue weighted by Crippen LogP contribution is -2.53. The fourth-order valence-corrected chi connectivity index (χ4v) is 3.78. The van der Waals surface area contributed by atoms with Gasteiger partial charge in [0.25, 0.3) is 5.91 Å². The molecule has 128 valence electrons. The number of thioether (sulfide) groups is 1. The Morgan fingerprint density at radius 3 is 2.71 bits per heavy atom. The van der Waals surface area contributed by atoms with E-state index in [-0.39, 0.29) is 10.2 Å². The topological polar surface area (TPSA) is 69.7 Å². The average molecular weight is 364 g/mol. The molecule has 1 aliphatic heterocycles. The number of hydrogen-bond donors (Lipinski definition) is 0. The van der Waals surface area contributed by atoms with Crippen molar-refractivity contribution in [3.63, 3.8) is 0 Å². The summed E-state index contributed by atoms with van der Waals surface area (Å²) in [6.45, 7) is 3.63. The monoisotopic (exact) mass is 364 g/mol. The molecule has 1 amide bonds. The highest BCUT2D eigenvalue weighted by Crippen LogP contribution is 2.36. The van der Waals surface area contributed by atoms with Crippen LogP contribution in [0, 0.1) is 5.92 Å². The van der Waals surface area contributed by atoms with Crippen molar-refractivity contribution in [2.75, 3.05) is 7.11 Å². The molecule has 2 rings (SSSR count). The summed E-state index contributed by atoms with van der Waals surface area (Å²) < 4.78 is 5.50. The van der Waals surface area contributed by atoms with E-state index in [4.69, 9.17) is 17.0 Å². The van der Waals surface area contributed by atoms with Gasteiger partial charge in [0.2, 0.25) is 0 Å². The largest absolute Gasteiger partial charge is 0.548 e. The van der Waals surface area contributed by atoms with Crippen LogP contribution in [0.3, 0.4) is 0 Å². The van der Waals surface area contributed by atoms with Crippen LogP contribution in [0.5, 0.6) is 5.75 Å². The number of carbonyl (C=O) groups is 2. The number of rotatable bonds is 6. The van der Waals surface area contributed by atoms with Gasteiger partial charge in [0.15, 0.2) is 0 Å². The number of carboxylic acid groups (broad SMARTS) is 1. The molecule has 1 saturated heterocycles. The van der Waals surface area contributed by atoms with Gasteiger partial charge in [-0.15, -0.1) is 0 Å². The zero-order valence-electron chi connectivity index (χ0n) is 13.6. The van der Waals surface area contributed by atoms with Gasteiger partial charge < -0.3 is 14.6 Å². The van der Waals surface area contributed by atoms with Gasteiger partial charge in [0, 0.05) is 5.56 Å². The van der Waals surface area contributed by atoms with Gasteiger partial charge in [-0.3, -0.25) is 9.69 Å². The molecule has 7 heteroatoms. The molecule has 2 atom stereocenters. The van der Waals surface area contributed by atoms with E-state index in [0.29, 0.717) is 17.1 Å². The molecule has 0 aliphatic carbocycles. The Bertz CT molecular complexity index is 702. The Kier molecular flexibility index (Phi) is 6.01. The van der Waals surface area contributed by atoms with Gasteiger partial charge in [-0.25, -0.2) is 0 Å². The highest BCUT2D eigenvalue weighted by molar-refractivity contribution is 8.26. The number of thiocarbonyl (C=S) groups is 1. The van der Waals surface area contributed by atoms with E-state index >= 15 is 0 Å². The van der Waals surface area contributed by atoms with Crippen LogP contribution in [0.1, 0.15) is 25.8 Å². The molecule has 0 N–H and O–H groups in total. The van der Waals surface area contributed by atoms with Gasteiger partial charge >= 0.3 is 0 Å². The van der Waals surface area contributed by atoms with Crippen molar-refractivity contribution in [3.05, 3.63) is 34.7 Å². The normalized spacial score (nSPS) is 18.8. The highest BCUT2D eigenvalue weighted by Gasteiger charge is 2.39. The molecule has 0 radical (unpaired) electrons. The van der Waals surface area contributed by atoms with Crippen LogP contribution in [0.25, 0.3) is 6.08 Å². The number of ether oxygens (including phenoxy) is 1. The molecule has 5 nitrogen and oxygen atoms in total. The lowest BCUT2D eigenvalue weighted by atomic mass is 9.98. The Morgan fingerprint density at radius 2 is 2.12 bits per heavy atom. The maximum absolute atomic E-state index is 12.7. The summed E-state index contributed by atoms with van der Waals surface area (Å²) in [5.41, 5.74) is 0.731. The fourth-order valence-electron chi connectivity index (χ4n) is 2.46. The minimum absolute atomic E-state index is 0.232. The molecule has 1 aromatic rings. The Morgan fingerprint density at radius 1 is 1.46 bits per heavy atom. The van der Waals surface area contributed by atoms with Gasteiger partial charge in [-0.1, -0.05) is 62.4 Å². The first-order chi connectivity index (χ1) is 11.4. The maximum atomic E-state index is 12.7. The predicted molar refractivity (Wildman–Crippen MR) is 96.3 cm³/mol. The van der Waals surface area contributed by atoms with E-state index in [2.05, 4.69) is 0 Å². The van der Waals surface area contributed by atoms with E-state index in [9.17, 15) is 14.7 Å². The van der Waals surface area contributed by atoms with Crippen LogP contribution in [-0.4, -0.2) is 34.2 Å². The molecule has 0 aromatic heterocycles. The SMILES string of the molecule is CC[C@H](C)[C@@H](C(=O)[O-])N1C(=O)/C(=C/c2ccccc2OC)SC1=S. The minimum Gasteiger partial charge on any atom is -0.548 e. The third-order valence-electron chi connectivity index (χ3n) is 3.95. The first-order valence-electron chi connectivity index (χ1n) is 7.51. The smallest absolute Gasteiger partial charge is 0.266 e. The van der Waals surface area contributed by atoms with Gasteiger partial charge in [-0.2, -0.15) is 0 Å². The van der Waals surface area contributed by atoms with E-state index in [0.717, 1.165) is 22.2 Å². The van der Waals surface area contributed by atoms with Crippen LogP contribution in [0.4, 0.5) is 0 Å². The van der Waals surface area contributed by atoms with Crippen molar-refractivity contribution in [3.8, 4) is 5.75 Å². The predicted octanol–water partition coefficient (Wildman–Crippen LogP) is 2.06. The number of carboxylic acids is 1. The van der Waals surface area contributed by atoms with Crippen LogP contribution in [-0.2, 0) is 9.59 Å². The summed E-state index contributed by atoms with van der Waals surface area (Å²) in [7, 11) is 1.55. The van der Waals surface area contributed by atoms with Gasteiger partial charge in [0.05, 0.1) is 24.0 Å². The molecule has 24 heavy (non-hydrogen) atoms. The third-order valence-corrected chi connectivity index (χ3v) is 5.28. The molecular weight excluding hydrogens is 346 g/mol. The van der Waals surface area contributed by atoms with Gasteiger partial charge in [0.1, 0.15) is 10.1 Å². The second kappa shape index (κ2) is 7.81. The number of nitrogens with zero attached hydrogens (tertiary/aromatic N) is 1. The minimum atomic E-state index is -1.29. The highest BCUT2D eigenvalue weighted by atomic mass is 32.2. The second-order valence-corrected chi connectivity index (χ2v) is 7.12. The molecule has 0 unspecified atom stereocenters. The number of amides is 1. The molecule has 0 bridgehead atoms. The molecule has 0 spiro atoms. The number of carbonyl (C=O) groups excluding carboxylic acids is 2. The van der Waals surface area contributed by atoms with Crippen LogP contribution in [0.15, 0.2) is 29.2 Å². The summed E-state index contributed by atoms with van der Waals surface area (Å²) in [6.07, 6.45) is 2.27. The van der Waals surface area contributed by atoms with Crippen molar-refractivity contribution < 1.29 is 19.4 Å². The summed E-state index contributed by atoms with van der Waals surface area (Å²) in [5.74, 6) is -1.34. The van der Waals surface area contributed by atoms with E-state index in [1.54, 1.807) is 26.2 Å². The Balaban J connectivity index is 2.38. The molecule has 0 saturated carbocycles. The summed E-state index contributed by atoms with van der Waals surface area (Å²) in [4.78, 5) is 25.8. The van der Waals surface area contributed by atoms with Crippen molar-refractivity contribution in [2.45, 2.75) is 26.3 Å². The lowest BCUT2D eigenvalue weighted by molar-refractivity contribution is -0.311. The van der Waals surface area contributed by atoms with Crippen molar-refractivity contribution in [1.82, 2.24) is 4.90 Å². The Labute approximate surface area is 150 Å². The molecule has 1 heterocycles. The summed E-state index contributed by atoms with van der Waals surface area (Å²) in [5, 5.41) is 11.5. The van der Waals surface area contributed by atoms with Crippen LogP contribution in [0.2, 0.25) is 0 Å².